The SMILES string of the molecule is CCCCN1C(=O)C(=CC=CC=C[c-]2c(=O)n(CCCC)c(=O)n(CC(=O)O)c2=O)C(=O)N(CC(=O)O)C1=O.[Na+]. The van der Waals surface area contributed by atoms with E-state index in [4.69, 9.17) is 10.2 Å². The third kappa shape index (κ3) is 8.13. The molecule has 2 rings (SSSR count). The number of carbonyl (C=O) groups excluding carboxylic acids is 3. The fourth-order valence-electron chi connectivity index (χ4n) is 3.63. The van der Waals surface area contributed by atoms with Gasteiger partial charge in [0.1, 0.15) is 18.7 Å². The minimum Gasteiger partial charge on any atom is -0.480 e. The first-order valence-electron chi connectivity index (χ1n) is 12.2. The topological polar surface area (TPSA) is 193 Å². The summed E-state index contributed by atoms with van der Waals surface area (Å²) < 4.78 is 1.24. The molecule has 1 aliphatic heterocycles. The molecule has 0 aromatic carbocycles. The minimum atomic E-state index is -1.44. The van der Waals surface area contributed by atoms with Gasteiger partial charge < -0.3 is 10.2 Å². The zero-order chi connectivity index (χ0) is 29.3. The van der Waals surface area contributed by atoms with Gasteiger partial charge in [0, 0.05) is 13.1 Å². The molecule has 0 saturated carbocycles. The van der Waals surface area contributed by atoms with Crippen LogP contribution in [-0.2, 0) is 32.3 Å². The van der Waals surface area contributed by atoms with Crippen LogP contribution in [0, 0.1) is 0 Å². The monoisotopic (exact) mass is 568 g/mol. The summed E-state index contributed by atoms with van der Waals surface area (Å²) in [6.45, 7) is 1.76. The molecule has 14 nitrogen and oxygen atoms in total. The number of imide groups is 2. The number of hydrogen-bond donors (Lipinski definition) is 2. The summed E-state index contributed by atoms with van der Waals surface area (Å²) in [5.74, 6) is -4.87. The van der Waals surface area contributed by atoms with E-state index in [2.05, 4.69) is 0 Å². The first-order valence-corrected chi connectivity index (χ1v) is 12.2. The number of allylic oxidation sites excluding steroid dienone is 4. The molecule has 2 heterocycles. The predicted octanol–water partition coefficient (Wildman–Crippen LogP) is -2.85. The number of carboxylic acid groups (broad SMARTS) is 2. The Bertz CT molecular complexity index is 1430. The quantitative estimate of drug-likeness (QED) is 0.0822. The van der Waals surface area contributed by atoms with E-state index in [-0.39, 0.29) is 42.6 Å². The fraction of sp³-hybridized carbons (Fsp3) is 0.400. The van der Waals surface area contributed by atoms with Crippen molar-refractivity contribution >= 4 is 35.9 Å². The summed E-state index contributed by atoms with van der Waals surface area (Å²) in [6.07, 6.45) is 7.96. The summed E-state index contributed by atoms with van der Waals surface area (Å²) in [5.41, 5.74) is -3.93. The maximum atomic E-state index is 12.8. The van der Waals surface area contributed by atoms with Crippen molar-refractivity contribution < 1.29 is 63.7 Å². The van der Waals surface area contributed by atoms with E-state index in [1.165, 1.54) is 18.2 Å². The molecule has 2 N–H and O–H groups in total. The van der Waals surface area contributed by atoms with Crippen LogP contribution in [0.1, 0.15) is 45.1 Å². The van der Waals surface area contributed by atoms with Crippen LogP contribution in [0.5, 0.6) is 0 Å². The molecule has 0 atom stereocenters. The Morgan fingerprint density at radius 1 is 0.750 bits per heavy atom. The normalized spacial score (nSPS) is 14.9. The Morgan fingerprint density at radius 3 is 1.88 bits per heavy atom. The van der Waals surface area contributed by atoms with Crippen molar-refractivity contribution in [3.8, 4) is 0 Å². The minimum absolute atomic E-state index is 0. The maximum Gasteiger partial charge on any atom is 1.00 e. The zero-order valence-electron chi connectivity index (χ0n) is 22.5. The van der Waals surface area contributed by atoms with Crippen molar-refractivity contribution in [1.29, 1.82) is 0 Å². The van der Waals surface area contributed by atoms with Crippen LogP contribution in [0.25, 0.3) is 6.08 Å². The van der Waals surface area contributed by atoms with Gasteiger partial charge in [-0.2, -0.15) is 0 Å². The molecule has 15 heteroatoms. The number of unbranched alkanes of at least 4 members (excludes halogenated alkanes) is 2. The molecule has 210 valence electrons. The number of carbonyl (C=O) groups is 5. The van der Waals surface area contributed by atoms with Gasteiger partial charge in [0.05, 0.1) is 0 Å². The van der Waals surface area contributed by atoms with Gasteiger partial charge in [0.2, 0.25) is 0 Å². The van der Waals surface area contributed by atoms with Crippen LogP contribution in [0.4, 0.5) is 4.79 Å². The first-order chi connectivity index (χ1) is 18.5. The molecule has 1 aliphatic rings. The third-order valence-corrected chi connectivity index (χ3v) is 5.63. The van der Waals surface area contributed by atoms with Gasteiger partial charge >= 0.3 is 53.2 Å². The summed E-state index contributed by atoms with van der Waals surface area (Å²) in [7, 11) is 0. The predicted molar refractivity (Wildman–Crippen MR) is 137 cm³/mol. The van der Waals surface area contributed by atoms with Crippen molar-refractivity contribution in [2.45, 2.75) is 52.6 Å². The van der Waals surface area contributed by atoms with Crippen molar-refractivity contribution in [1.82, 2.24) is 18.9 Å². The molecule has 1 aromatic rings. The van der Waals surface area contributed by atoms with Crippen molar-refractivity contribution in [3.05, 3.63) is 66.6 Å². The van der Waals surface area contributed by atoms with E-state index in [0.717, 1.165) is 21.6 Å². The molecule has 1 aromatic heterocycles. The molecule has 1 fully saturated rings. The van der Waals surface area contributed by atoms with Crippen LogP contribution in [-0.4, -0.2) is 72.0 Å². The molecule has 0 unspecified atom stereocenters. The Morgan fingerprint density at radius 2 is 1.30 bits per heavy atom. The van der Waals surface area contributed by atoms with Crippen LogP contribution in [0.15, 0.2) is 44.3 Å². The van der Waals surface area contributed by atoms with E-state index in [9.17, 15) is 38.4 Å². The maximum absolute atomic E-state index is 12.8. The molecule has 0 spiro atoms. The number of rotatable bonds is 13. The van der Waals surface area contributed by atoms with Gasteiger partial charge in [-0.1, -0.05) is 32.8 Å². The first kappa shape index (κ1) is 34.3. The van der Waals surface area contributed by atoms with Crippen molar-refractivity contribution in [2.24, 2.45) is 0 Å². The third-order valence-electron chi connectivity index (χ3n) is 5.63. The number of nitrogens with zero attached hydrogens (tertiary/aromatic N) is 4. The van der Waals surface area contributed by atoms with E-state index in [1.807, 2.05) is 13.8 Å². The molecule has 4 amide bonds. The van der Waals surface area contributed by atoms with Crippen LogP contribution in [0.3, 0.4) is 0 Å². The van der Waals surface area contributed by atoms with E-state index >= 15 is 0 Å². The molecular formula is C25H29N4NaO10. The van der Waals surface area contributed by atoms with Crippen LogP contribution in [0.2, 0.25) is 0 Å². The average Bonchev–Trinajstić information content (AvgIpc) is 2.87. The number of amides is 4. The largest absolute Gasteiger partial charge is 1.00 e. The van der Waals surface area contributed by atoms with Gasteiger partial charge in [0.15, 0.2) is 11.1 Å². The second kappa shape index (κ2) is 15.7. The van der Waals surface area contributed by atoms with Gasteiger partial charge in [0.25, 0.3) is 11.8 Å². The van der Waals surface area contributed by atoms with E-state index in [1.54, 1.807) is 0 Å². The van der Waals surface area contributed by atoms with Gasteiger partial charge in [-0.3, -0.25) is 42.8 Å². The van der Waals surface area contributed by atoms with Crippen LogP contribution < -0.4 is 46.4 Å². The van der Waals surface area contributed by atoms with Gasteiger partial charge in [-0.05, 0) is 24.5 Å². The molecule has 40 heavy (non-hydrogen) atoms. The van der Waals surface area contributed by atoms with E-state index in [0.29, 0.717) is 35.2 Å². The summed E-state index contributed by atoms with van der Waals surface area (Å²) in [6, 6.07) is -1.03. The number of carboxylic acids is 2. The number of aliphatic carboxylic acids is 2. The standard InChI is InChI=1S/C25H29N4O10.Na/c1-3-5-12-26-20(34)16(22(36)28(24(26)38)14-18(30)31)10-8-7-9-11-17-21(35)27(13-6-4-2)25(39)29(23(17)37)15-19(32)33;/h7-11H,3-6,12-15H2,1-2H3,(H,30,31)(H,32,33);/q-1;+1. The fourth-order valence-corrected chi connectivity index (χ4v) is 3.63. The van der Waals surface area contributed by atoms with Crippen molar-refractivity contribution in [2.75, 3.05) is 13.1 Å². The second-order valence-electron chi connectivity index (χ2n) is 8.49. The molecular weight excluding hydrogens is 539 g/mol. The number of hydrogen-bond acceptors (Lipinski definition) is 8. The Balaban J connectivity index is 0.00000800. The number of aromatic nitrogens is 2. The van der Waals surface area contributed by atoms with Gasteiger partial charge in [-0.15, -0.1) is 6.08 Å². The zero-order valence-corrected chi connectivity index (χ0v) is 24.5. The summed E-state index contributed by atoms with van der Waals surface area (Å²) in [5, 5.41) is 18.1. The average molecular weight is 569 g/mol. The molecule has 1 saturated heterocycles. The molecule has 0 bridgehead atoms. The number of urea groups is 1. The number of barbiturate groups is 1. The Kier molecular flexibility index (Phi) is 13.5. The second-order valence-corrected chi connectivity index (χ2v) is 8.49. The molecule has 0 aliphatic carbocycles. The summed E-state index contributed by atoms with van der Waals surface area (Å²) in [4.78, 5) is 99.4. The van der Waals surface area contributed by atoms with Crippen molar-refractivity contribution in [3.63, 3.8) is 0 Å². The Labute approximate surface area is 250 Å². The van der Waals surface area contributed by atoms with Crippen LogP contribution >= 0.6 is 0 Å². The summed E-state index contributed by atoms with van der Waals surface area (Å²) >= 11 is 0. The molecule has 0 radical (unpaired) electrons. The smallest absolute Gasteiger partial charge is 0.480 e. The van der Waals surface area contributed by atoms with E-state index < -0.39 is 70.8 Å². The van der Waals surface area contributed by atoms with Gasteiger partial charge in [-0.25, -0.2) is 26.6 Å². The Hall–Kier alpha value is -3.75.